The van der Waals surface area contributed by atoms with Crippen LogP contribution in [0, 0.1) is 11.8 Å². The summed E-state index contributed by atoms with van der Waals surface area (Å²) >= 11 is -0.157. The van der Waals surface area contributed by atoms with Crippen molar-refractivity contribution in [2.24, 2.45) is 11.8 Å². The van der Waals surface area contributed by atoms with Crippen LogP contribution in [0.3, 0.4) is 0 Å². The van der Waals surface area contributed by atoms with Crippen LogP contribution in [0.25, 0.3) is 0 Å². The van der Waals surface area contributed by atoms with Crippen LogP contribution < -0.4 is 0 Å². The maximum absolute atomic E-state index is 2.47. The van der Waals surface area contributed by atoms with Crippen LogP contribution in [0.15, 0.2) is 0 Å². The van der Waals surface area contributed by atoms with Gasteiger partial charge in [-0.15, -0.1) is 0 Å². The molecule has 0 radical (unpaired) electrons. The van der Waals surface area contributed by atoms with Crippen LogP contribution in [-0.4, -0.2) is 0 Å². The van der Waals surface area contributed by atoms with Gasteiger partial charge in [0.05, 0.1) is 0 Å². The Morgan fingerprint density at radius 3 is 1.53 bits per heavy atom. The Morgan fingerprint density at radius 1 is 0.800 bits per heavy atom. The Labute approximate surface area is 105 Å². The molecular weight excluding hydrogens is 234 g/mol. The van der Waals surface area contributed by atoms with Crippen LogP contribution in [0.4, 0.5) is 0 Å². The van der Waals surface area contributed by atoms with Gasteiger partial charge in [-0.3, -0.25) is 0 Å². The third-order valence-corrected chi connectivity index (χ3v) is 9.34. The van der Waals surface area contributed by atoms with Gasteiger partial charge in [-0.25, -0.2) is 0 Å². The van der Waals surface area contributed by atoms with Crippen LogP contribution in [0.2, 0.25) is 10.0 Å². The van der Waals surface area contributed by atoms with Crippen molar-refractivity contribution in [2.45, 2.75) is 76.3 Å². The molecular formula is C14H30Zn. The summed E-state index contributed by atoms with van der Waals surface area (Å²) in [6.45, 7) is 9.55. The van der Waals surface area contributed by atoms with Gasteiger partial charge in [0.1, 0.15) is 0 Å². The summed E-state index contributed by atoms with van der Waals surface area (Å²) in [7, 11) is 0. The molecule has 0 rings (SSSR count). The molecule has 0 spiro atoms. The second-order valence-electron chi connectivity index (χ2n) is 5.43. The monoisotopic (exact) mass is 262 g/mol. The van der Waals surface area contributed by atoms with E-state index in [2.05, 4.69) is 27.7 Å². The van der Waals surface area contributed by atoms with Crippen molar-refractivity contribution in [2.75, 3.05) is 0 Å². The summed E-state index contributed by atoms with van der Waals surface area (Å²) in [6.07, 6.45) is 8.65. The van der Waals surface area contributed by atoms with E-state index in [4.69, 9.17) is 0 Å². The number of hydrogen-bond acceptors (Lipinski definition) is 0. The van der Waals surface area contributed by atoms with E-state index in [1.807, 2.05) is 0 Å². The molecule has 0 heterocycles. The van der Waals surface area contributed by atoms with E-state index in [-0.39, 0.29) is 17.1 Å². The first-order valence-corrected chi connectivity index (χ1v) is 11.4. The summed E-state index contributed by atoms with van der Waals surface area (Å²) in [5.74, 6) is 2.09. The van der Waals surface area contributed by atoms with Crippen LogP contribution in [0.1, 0.15) is 66.2 Å². The number of hydrogen-bond donors (Lipinski definition) is 0. The van der Waals surface area contributed by atoms with Gasteiger partial charge >= 0.3 is 105 Å². The molecule has 0 aromatic carbocycles. The molecule has 0 amide bonds. The average Bonchev–Trinajstić information content (AvgIpc) is 2.23. The Hall–Kier alpha value is 0.623. The van der Waals surface area contributed by atoms with Crippen molar-refractivity contribution in [3.05, 3.63) is 0 Å². The fourth-order valence-electron chi connectivity index (χ4n) is 2.21. The molecule has 0 bridgehead atoms. The van der Waals surface area contributed by atoms with Crippen molar-refractivity contribution in [3.63, 3.8) is 0 Å². The van der Waals surface area contributed by atoms with Gasteiger partial charge in [0.25, 0.3) is 0 Å². The molecule has 0 aliphatic carbocycles. The molecule has 0 aliphatic heterocycles. The first kappa shape index (κ1) is 15.6. The predicted octanol–water partition coefficient (Wildman–Crippen LogP) is 5.56. The molecule has 0 aliphatic rings. The van der Waals surface area contributed by atoms with E-state index in [0.29, 0.717) is 0 Å². The minimum atomic E-state index is -0.157. The fraction of sp³-hybridized carbons (Fsp3) is 1.00. The molecule has 15 heavy (non-hydrogen) atoms. The standard InChI is InChI=1S/2C7H15.Zn/c2*1-4-5-6-7(2)3;/h2*7H,2,4-6H2,1,3H3;. The summed E-state index contributed by atoms with van der Waals surface area (Å²) in [5.41, 5.74) is 0. The van der Waals surface area contributed by atoms with Crippen LogP contribution in [-0.2, 0) is 17.1 Å². The normalized spacial score (nSPS) is 14.7. The third-order valence-electron chi connectivity index (χ3n) is 3.49. The Morgan fingerprint density at radius 2 is 1.20 bits per heavy atom. The summed E-state index contributed by atoms with van der Waals surface area (Å²) in [5, 5.41) is 3.28. The van der Waals surface area contributed by atoms with Gasteiger partial charge in [0, 0.05) is 0 Å². The maximum atomic E-state index is 2.47. The van der Waals surface area contributed by atoms with Crippen LogP contribution in [0.5, 0.6) is 0 Å². The third kappa shape index (κ3) is 10.9. The Balaban J connectivity index is 3.27. The average molecular weight is 264 g/mol. The molecule has 0 nitrogen and oxygen atoms in total. The van der Waals surface area contributed by atoms with Crippen molar-refractivity contribution in [1.82, 2.24) is 0 Å². The van der Waals surface area contributed by atoms with Gasteiger partial charge in [-0.1, -0.05) is 0 Å². The second-order valence-corrected chi connectivity index (χ2v) is 9.33. The zero-order valence-electron chi connectivity index (χ0n) is 11.5. The molecule has 0 aromatic heterocycles. The van der Waals surface area contributed by atoms with Crippen molar-refractivity contribution in [1.29, 1.82) is 0 Å². The van der Waals surface area contributed by atoms with Crippen molar-refractivity contribution in [3.8, 4) is 0 Å². The van der Waals surface area contributed by atoms with E-state index in [1.54, 1.807) is 10.0 Å². The molecule has 0 saturated carbocycles. The molecule has 0 N–H and O–H groups in total. The van der Waals surface area contributed by atoms with E-state index in [1.165, 1.54) is 38.5 Å². The summed E-state index contributed by atoms with van der Waals surface area (Å²) < 4.78 is 0. The zero-order valence-corrected chi connectivity index (χ0v) is 14.5. The SMILES string of the molecule is CCCCC(C)[CH2][Zn][CH2]C(C)CCCC. The summed E-state index contributed by atoms with van der Waals surface area (Å²) in [4.78, 5) is 0. The van der Waals surface area contributed by atoms with Crippen molar-refractivity contribution < 1.29 is 17.1 Å². The van der Waals surface area contributed by atoms with Gasteiger partial charge in [-0.2, -0.15) is 0 Å². The van der Waals surface area contributed by atoms with Crippen molar-refractivity contribution >= 4 is 0 Å². The molecule has 0 aromatic rings. The molecule has 1 heteroatoms. The first-order chi connectivity index (χ1) is 7.20. The van der Waals surface area contributed by atoms with Gasteiger partial charge in [0.15, 0.2) is 0 Å². The topological polar surface area (TPSA) is 0 Å². The number of rotatable bonds is 10. The number of unbranched alkanes of at least 4 members (excludes halogenated alkanes) is 2. The van der Waals surface area contributed by atoms with E-state index in [0.717, 1.165) is 11.8 Å². The summed E-state index contributed by atoms with van der Waals surface area (Å²) in [6, 6.07) is 0. The van der Waals surface area contributed by atoms with Crippen LogP contribution >= 0.6 is 0 Å². The van der Waals surface area contributed by atoms with Gasteiger partial charge in [-0.05, 0) is 0 Å². The van der Waals surface area contributed by atoms with E-state index < -0.39 is 0 Å². The molecule has 0 saturated heterocycles. The molecule has 2 unspecified atom stereocenters. The van der Waals surface area contributed by atoms with E-state index >= 15 is 0 Å². The minimum absolute atomic E-state index is 0.157. The quantitative estimate of drug-likeness (QED) is 0.453. The second kappa shape index (κ2) is 11.1. The zero-order chi connectivity index (χ0) is 11.5. The molecule has 0 fully saturated rings. The molecule has 2 atom stereocenters. The Bertz CT molecular complexity index is 109. The molecule has 88 valence electrons. The fourth-order valence-corrected chi connectivity index (χ4v) is 6.84. The van der Waals surface area contributed by atoms with Gasteiger partial charge in [0.2, 0.25) is 0 Å². The Kier molecular flexibility index (Phi) is 11.6. The predicted molar refractivity (Wildman–Crippen MR) is 67.0 cm³/mol. The first-order valence-electron chi connectivity index (χ1n) is 7.20. The van der Waals surface area contributed by atoms with E-state index in [9.17, 15) is 0 Å². The van der Waals surface area contributed by atoms with Gasteiger partial charge < -0.3 is 0 Å².